The van der Waals surface area contributed by atoms with E-state index in [1.54, 1.807) is 0 Å². The first-order chi connectivity index (χ1) is 8.31. The lowest BCUT2D eigenvalue weighted by Crippen LogP contribution is -2.48. The lowest BCUT2D eigenvalue weighted by atomic mass is 9.91. The third-order valence-electron chi connectivity index (χ3n) is 3.17. The van der Waals surface area contributed by atoms with Crippen LogP contribution in [0.25, 0.3) is 0 Å². The topological polar surface area (TPSA) is 58.4 Å². The molecule has 0 heterocycles. The number of benzene rings is 1. The van der Waals surface area contributed by atoms with Crippen LogP contribution in [-0.4, -0.2) is 30.1 Å². The molecule has 2 rings (SSSR count). The average Bonchev–Trinajstić information content (AvgIpc) is 2.27. The molecule has 0 bridgehead atoms. The van der Waals surface area contributed by atoms with Gasteiger partial charge in [0.25, 0.3) is 0 Å². The van der Waals surface area contributed by atoms with E-state index in [2.05, 4.69) is 5.32 Å². The number of nitrogens with zero attached hydrogens (tertiary/aromatic N) is 1. The highest BCUT2D eigenvalue weighted by Gasteiger charge is 2.28. The second-order valence-corrected chi connectivity index (χ2v) is 4.36. The van der Waals surface area contributed by atoms with Gasteiger partial charge in [-0.05, 0) is 31.4 Å². The number of urea groups is 1. The smallest absolute Gasteiger partial charge is 0.322 e. The molecule has 1 aromatic carbocycles. The number of nitrogens with two attached hydrogens (primary N) is 1. The van der Waals surface area contributed by atoms with E-state index < -0.39 is 0 Å². The average molecular weight is 233 g/mol. The van der Waals surface area contributed by atoms with E-state index in [4.69, 9.17) is 5.73 Å². The number of nitrogens with one attached hydrogen (secondary N) is 1. The van der Waals surface area contributed by atoms with Crippen molar-refractivity contribution >= 4 is 11.7 Å². The van der Waals surface area contributed by atoms with Crippen LogP contribution in [0.15, 0.2) is 30.3 Å². The van der Waals surface area contributed by atoms with Crippen molar-refractivity contribution in [3.05, 3.63) is 30.3 Å². The highest BCUT2D eigenvalue weighted by atomic mass is 16.2. The van der Waals surface area contributed by atoms with Gasteiger partial charge in [0.2, 0.25) is 0 Å². The summed E-state index contributed by atoms with van der Waals surface area (Å²) in [5, 5.41) is 2.91. The van der Waals surface area contributed by atoms with Crippen molar-refractivity contribution in [2.45, 2.75) is 25.3 Å². The van der Waals surface area contributed by atoms with Crippen LogP contribution in [-0.2, 0) is 0 Å². The summed E-state index contributed by atoms with van der Waals surface area (Å²) in [5.41, 5.74) is 6.39. The molecule has 4 heteroatoms. The molecule has 0 aromatic heterocycles. The Labute approximate surface area is 102 Å². The van der Waals surface area contributed by atoms with Crippen LogP contribution in [0.5, 0.6) is 0 Å². The summed E-state index contributed by atoms with van der Waals surface area (Å²) in [7, 11) is 0. The zero-order valence-electron chi connectivity index (χ0n) is 9.93. The molecule has 3 N–H and O–H groups in total. The Morgan fingerprint density at radius 3 is 2.59 bits per heavy atom. The number of para-hydroxylation sites is 1. The maximum absolute atomic E-state index is 12.1. The predicted molar refractivity (Wildman–Crippen MR) is 68.9 cm³/mol. The summed E-state index contributed by atoms with van der Waals surface area (Å²) in [4.78, 5) is 14.0. The number of rotatable bonds is 4. The Morgan fingerprint density at radius 1 is 1.35 bits per heavy atom. The van der Waals surface area contributed by atoms with E-state index in [9.17, 15) is 4.79 Å². The van der Waals surface area contributed by atoms with Gasteiger partial charge in [-0.3, -0.25) is 0 Å². The largest absolute Gasteiger partial charge is 0.329 e. The summed E-state index contributed by atoms with van der Waals surface area (Å²) >= 11 is 0. The van der Waals surface area contributed by atoms with Gasteiger partial charge in [0, 0.05) is 24.8 Å². The van der Waals surface area contributed by atoms with Crippen LogP contribution in [0.1, 0.15) is 19.3 Å². The zero-order valence-corrected chi connectivity index (χ0v) is 9.93. The molecule has 1 aromatic rings. The first-order valence-electron chi connectivity index (χ1n) is 6.14. The molecule has 0 aliphatic heterocycles. The van der Waals surface area contributed by atoms with Crippen molar-refractivity contribution in [1.29, 1.82) is 0 Å². The van der Waals surface area contributed by atoms with E-state index in [1.807, 2.05) is 35.2 Å². The zero-order chi connectivity index (χ0) is 12.1. The number of amides is 2. The third kappa shape index (κ3) is 2.97. The molecule has 0 atom stereocenters. The maximum atomic E-state index is 12.1. The highest BCUT2D eigenvalue weighted by molar-refractivity contribution is 5.89. The summed E-state index contributed by atoms with van der Waals surface area (Å²) in [5.74, 6) is 0. The molecule has 1 aliphatic rings. The molecule has 2 amide bonds. The monoisotopic (exact) mass is 233 g/mol. The Bertz CT molecular complexity index is 362. The first-order valence-corrected chi connectivity index (χ1v) is 6.14. The van der Waals surface area contributed by atoms with Gasteiger partial charge in [-0.1, -0.05) is 18.2 Å². The molecule has 0 spiro atoms. The maximum Gasteiger partial charge on any atom is 0.322 e. The fourth-order valence-corrected chi connectivity index (χ4v) is 2.00. The molecule has 1 fully saturated rings. The van der Waals surface area contributed by atoms with Crippen molar-refractivity contribution in [3.63, 3.8) is 0 Å². The predicted octanol–water partition coefficient (Wildman–Crippen LogP) is 2.03. The second-order valence-electron chi connectivity index (χ2n) is 4.36. The molecule has 0 radical (unpaired) electrons. The summed E-state index contributed by atoms with van der Waals surface area (Å²) in [6.45, 7) is 1.14. The Balaban J connectivity index is 1.96. The van der Waals surface area contributed by atoms with E-state index in [0.29, 0.717) is 19.1 Å². The van der Waals surface area contributed by atoms with Crippen LogP contribution in [0.4, 0.5) is 10.5 Å². The van der Waals surface area contributed by atoms with Gasteiger partial charge < -0.3 is 16.0 Å². The van der Waals surface area contributed by atoms with Gasteiger partial charge in [-0.15, -0.1) is 0 Å². The molecule has 92 valence electrons. The van der Waals surface area contributed by atoms with Gasteiger partial charge in [-0.25, -0.2) is 4.79 Å². The minimum atomic E-state index is -0.0358. The fraction of sp³-hybridized carbons (Fsp3) is 0.462. The third-order valence-corrected chi connectivity index (χ3v) is 3.17. The number of carbonyl (C=O) groups excluding carboxylic acids is 1. The molecule has 0 unspecified atom stereocenters. The first kappa shape index (κ1) is 11.9. The van der Waals surface area contributed by atoms with Gasteiger partial charge in [0.15, 0.2) is 0 Å². The van der Waals surface area contributed by atoms with Gasteiger partial charge in [0.05, 0.1) is 0 Å². The van der Waals surface area contributed by atoms with Crippen LogP contribution in [0, 0.1) is 0 Å². The van der Waals surface area contributed by atoms with Gasteiger partial charge in [0.1, 0.15) is 0 Å². The Hall–Kier alpha value is -1.55. The molecule has 1 aliphatic carbocycles. The minimum absolute atomic E-state index is 0.0358. The minimum Gasteiger partial charge on any atom is -0.329 e. The fourth-order valence-electron chi connectivity index (χ4n) is 2.00. The van der Waals surface area contributed by atoms with Gasteiger partial charge in [-0.2, -0.15) is 0 Å². The molecule has 0 saturated heterocycles. The van der Waals surface area contributed by atoms with Crippen LogP contribution in [0.3, 0.4) is 0 Å². The quantitative estimate of drug-likeness (QED) is 0.836. The van der Waals surface area contributed by atoms with Crippen LogP contribution in [0.2, 0.25) is 0 Å². The molecule has 4 nitrogen and oxygen atoms in total. The van der Waals surface area contributed by atoms with Crippen LogP contribution >= 0.6 is 0 Å². The number of anilines is 1. The molecule has 17 heavy (non-hydrogen) atoms. The van der Waals surface area contributed by atoms with Crippen molar-refractivity contribution < 1.29 is 4.79 Å². The van der Waals surface area contributed by atoms with Crippen molar-refractivity contribution in [2.24, 2.45) is 5.73 Å². The number of hydrogen-bond donors (Lipinski definition) is 2. The standard InChI is InChI=1S/C13H19N3O/c14-9-10-16(12-7-4-8-12)13(17)15-11-5-2-1-3-6-11/h1-3,5-6,12H,4,7-10,14H2,(H,15,17). The lowest BCUT2D eigenvalue weighted by molar-refractivity contribution is 0.151. The summed E-state index contributed by atoms with van der Waals surface area (Å²) in [6, 6.07) is 9.87. The lowest BCUT2D eigenvalue weighted by Gasteiger charge is -2.37. The normalized spacial score (nSPS) is 15.1. The van der Waals surface area contributed by atoms with Crippen molar-refractivity contribution in [2.75, 3.05) is 18.4 Å². The van der Waals surface area contributed by atoms with Crippen molar-refractivity contribution in [1.82, 2.24) is 4.90 Å². The SMILES string of the molecule is NCCN(C(=O)Nc1ccccc1)C1CCC1. The van der Waals surface area contributed by atoms with E-state index in [1.165, 1.54) is 6.42 Å². The van der Waals surface area contributed by atoms with E-state index >= 15 is 0 Å². The number of hydrogen-bond acceptors (Lipinski definition) is 2. The highest BCUT2D eigenvalue weighted by Crippen LogP contribution is 2.25. The molecule has 1 saturated carbocycles. The number of carbonyl (C=O) groups is 1. The summed E-state index contributed by atoms with van der Waals surface area (Å²) in [6.07, 6.45) is 3.41. The molecular weight excluding hydrogens is 214 g/mol. The van der Waals surface area contributed by atoms with E-state index in [0.717, 1.165) is 18.5 Å². The van der Waals surface area contributed by atoms with Crippen LogP contribution < -0.4 is 11.1 Å². The Morgan fingerprint density at radius 2 is 2.06 bits per heavy atom. The Kier molecular flexibility index (Phi) is 3.98. The van der Waals surface area contributed by atoms with E-state index in [-0.39, 0.29) is 6.03 Å². The summed E-state index contributed by atoms with van der Waals surface area (Å²) < 4.78 is 0. The van der Waals surface area contributed by atoms with Crippen molar-refractivity contribution in [3.8, 4) is 0 Å². The van der Waals surface area contributed by atoms with Gasteiger partial charge >= 0.3 is 6.03 Å². The second kappa shape index (κ2) is 5.68. The molecular formula is C13H19N3O.